The van der Waals surface area contributed by atoms with Crippen molar-refractivity contribution in [3.8, 4) is 11.4 Å². The van der Waals surface area contributed by atoms with E-state index >= 15 is 8.78 Å². The molecule has 6 aromatic rings. The Labute approximate surface area is 425 Å². The second kappa shape index (κ2) is 22.5. The van der Waals surface area contributed by atoms with Crippen molar-refractivity contribution in [2.75, 3.05) is 49.1 Å². The highest BCUT2D eigenvalue weighted by atomic mass is 19.2. The van der Waals surface area contributed by atoms with Gasteiger partial charge in [0, 0.05) is 63.8 Å². The summed E-state index contributed by atoms with van der Waals surface area (Å²) in [5, 5.41) is 23.8. The minimum absolute atomic E-state index is 0.0150. The van der Waals surface area contributed by atoms with E-state index in [1.165, 1.54) is 9.80 Å². The summed E-state index contributed by atoms with van der Waals surface area (Å²) in [6.45, 7) is 1.49. The molecule has 22 nitrogen and oxygen atoms in total. The third-order valence-corrected chi connectivity index (χ3v) is 12.3. The number of aliphatic imine (C=N–C) groups is 4. The van der Waals surface area contributed by atoms with E-state index in [-0.39, 0.29) is 84.3 Å². The lowest BCUT2D eigenvalue weighted by atomic mass is 10.1. The van der Waals surface area contributed by atoms with Gasteiger partial charge in [0.1, 0.15) is 34.4 Å². The number of aromatic carboxylic acids is 2. The monoisotopic (exact) mass is 1060 g/mol. The quantitative estimate of drug-likeness (QED) is 0.0317. The first-order valence-electron chi connectivity index (χ1n) is 23.5. The number of rotatable bonds is 15. The number of benzene rings is 2. The van der Waals surface area contributed by atoms with Gasteiger partial charge in [-0.05, 0) is 62.1 Å². The molecule has 0 bridgehead atoms. The highest BCUT2D eigenvalue weighted by molar-refractivity contribution is 5.98. The number of pyridine rings is 4. The minimum Gasteiger partial charge on any atom is -0.477 e. The Morgan fingerprint density at radius 2 is 0.974 bits per heavy atom. The molecule has 2 fully saturated rings. The van der Waals surface area contributed by atoms with E-state index in [2.05, 4.69) is 40.6 Å². The Bertz CT molecular complexity index is 3310. The smallest absolute Gasteiger partial charge is 0.341 e. The van der Waals surface area contributed by atoms with Gasteiger partial charge in [-0.3, -0.25) is 39.3 Å². The van der Waals surface area contributed by atoms with Crippen molar-refractivity contribution < 1.29 is 46.1 Å². The predicted octanol–water partition coefficient (Wildman–Crippen LogP) is 3.17. The summed E-state index contributed by atoms with van der Waals surface area (Å²) in [6.07, 6.45) is 5.41. The van der Waals surface area contributed by atoms with Gasteiger partial charge >= 0.3 is 11.9 Å². The maximum Gasteiger partial charge on any atom is 0.341 e. The van der Waals surface area contributed by atoms with E-state index in [4.69, 9.17) is 22.9 Å². The lowest BCUT2D eigenvalue weighted by molar-refractivity contribution is 0.0684. The average molecular weight is 1060 g/mol. The van der Waals surface area contributed by atoms with Crippen molar-refractivity contribution in [2.24, 2.45) is 42.9 Å². The molecule has 8 rings (SSSR count). The van der Waals surface area contributed by atoms with Gasteiger partial charge in [0.15, 0.2) is 58.4 Å². The molecule has 0 radical (unpaired) electrons. The minimum atomic E-state index is -1.63. The zero-order valence-electron chi connectivity index (χ0n) is 40.0. The van der Waals surface area contributed by atoms with Gasteiger partial charge in [-0.15, -0.1) is 0 Å². The molecule has 0 spiro atoms. The van der Waals surface area contributed by atoms with E-state index in [9.17, 15) is 47.0 Å². The van der Waals surface area contributed by atoms with E-state index in [0.717, 1.165) is 70.8 Å². The standard InChI is InChI=1S/C48H48F6N16O6/c49-23-5-7-35(31(51)15-23)69-21-29(43(73)74)37(71)27-17-33(53)41(63-39(27)69)67-13-9-25(19-67)61-47(57)65-45(55)59-11-3-1-2-4-12-60-46(56)66-48(58)62-26-10-14-68(20-26)42-34(54)18-28-38(72)30(44(75)76)22-70(40(28)64-42)36-8-6-24(50)16-32(36)52/h5-8,15-18,21-22,25-26H,1-4,9-14,19-20H2,(H,73,74)(H,75,76)(H5,55,57,59,61,65)(H5,56,58,60,62,66). The van der Waals surface area contributed by atoms with Gasteiger partial charge < -0.3 is 42.9 Å². The van der Waals surface area contributed by atoms with E-state index in [0.29, 0.717) is 50.9 Å². The van der Waals surface area contributed by atoms with Crippen LogP contribution in [0.2, 0.25) is 0 Å². The summed E-state index contributed by atoms with van der Waals surface area (Å²) in [5.41, 5.74) is 19.5. The zero-order valence-corrected chi connectivity index (χ0v) is 40.0. The first kappa shape index (κ1) is 53.1. The van der Waals surface area contributed by atoms with Crippen LogP contribution in [0.5, 0.6) is 0 Å². The molecular formula is C48H48F6N16O6. The Morgan fingerprint density at radius 3 is 1.34 bits per heavy atom. The van der Waals surface area contributed by atoms with Crippen LogP contribution in [0.3, 0.4) is 0 Å². The van der Waals surface area contributed by atoms with Gasteiger partial charge in [0.05, 0.1) is 34.2 Å². The van der Waals surface area contributed by atoms with Crippen LogP contribution in [0.1, 0.15) is 59.2 Å². The third kappa shape index (κ3) is 11.7. The van der Waals surface area contributed by atoms with Crippen LogP contribution in [0, 0.1) is 34.9 Å². The number of nitrogens with two attached hydrogens (primary N) is 4. The Morgan fingerprint density at radius 1 is 0.579 bits per heavy atom. The number of fused-ring (bicyclic) bond motifs is 2. The van der Waals surface area contributed by atoms with E-state index in [1.54, 1.807) is 0 Å². The maximum absolute atomic E-state index is 15.5. The summed E-state index contributed by atoms with van der Waals surface area (Å²) < 4.78 is 90.3. The molecule has 6 heterocycles. The van der Waals surface area contributed by atoms with Gasteiger partial charge in [-0.25, -0.2) is 55.9 Å². The Hall–Kier alpha value is -9.24. The summed E-state index contributed by atoms with van der Waals surface area (Å²) in [6, 6.07) is 5.87. The van der Waals surface area contributed by atoms with Gasteiger partial charge in [-0.2, -0.15) is 0 Å². The van der Waals surface area contributed by atoms with Crippen molar-refractivity contribution in [3.63, 3.8) is 0 Å². The first-order chi connectivity index (χ1) is 36.3. The molecule has 28 heteroatoms. The fraction of sp³-hybridized carbons (Fsp3) is 0.292. The molecule has 2 saturated heterocycles. The Balaban J connectivity index is 0.781. The SMILES string of the molecule is NC(=NCCCCCCN=C(N)NC(N)=NC1CCN(c2nc3c(cc2F)c(=O)c(C(=O)O)cn3-c2ccc(F)cc2F)C1)NC(N)=NC1CCN(c2nc3c(cc2F)c(=O)c(C(=O)O)cn3-c2ccc(F)cc2F)C1. The number of carboxylic acids is 2. The van der Waals surface area contributed by atoms with E-state index < -0.39 is 91.7 Å². The molecule has 2 atom stereocenters. The summed E-state index contributed by atoms with van der Waals surface area (Å²) in [7, 11) is 0. The molecule has 2 aromatic carbocycles. The second-order valence-corrected chi connectivity index (χ2v) is 17.6. The van der Waals surface area contributed by atoms with Crippen molar-refractivity contribution in [2.45, 2.75) is 50.6 Å². The fourth-order valence-electron chi connectivity index (χ4n) is 8.75. The van der Waals surface area contributed by atoms with Gasteiger partial charge in [-0.1, -0.05) is 12.8 Å². The fourth-order valence-corrected chi connectivity index (χ4v) is 8.75. The number of nitrogens with one attached hydrogen (secondary N) is 2. The summed E-state index contributed by atoms with van der Waals surface area (Å²) in [5.74, 6) is -9.55. The second-order valence-electron chi connectivity index (χ2n) is 17.6. The summed E-state index contributed by atoms with van der Waals surface area (Å²) in [4.78, 5) is 78.8. The molecule has 4 aromatic heterocycles. The number of guanidine groups is 4. The van der Waals surface area contributed by atoms with Crippen LogP contribution in [0.15, 0.2) is 90.5 Å². The molecule has 2 aliphatic rings. The lowest BCUT2D eigenvalue weighted by Crippen LogP contribution is -2.42. The van der Waals surface area contributed by atoms with Crippen LogP contribution in [0.25, 0.3) is 33.4 Å². The normalized spacial score (nSPS) is 16.6. The van der Waals surface area contributed by atoms with Crippen LogP contribution in [-0.2, 0) is 0 Å². The molecule has 12 N–H and O–H groups in total. The first-order valence-corrected chi connectivity index (χ1v) is 23.5. The Kier molecular flexibility index (Phi) is 15.7. The number of nitrogens with zero attached hydrogens (tertiary/aromatic N) is 10. The number of halogens is 6. The molecule has 2 unspecified atom stereocenters. The number of hydrogen-bond acceptors (Lipinski definition) is 12. The number of carbonyl (C=O) groups is 2. The van der Waals surface area contributed by atoms with Crippen LogP contribution < -0.4 is 54.2 Å². The van der Waals surface area contributed by atoms with Crippen molar-refractivity contribution >= 4 is 69.5 Å². The number of unbranched alkanes of at least 4 members (excludes halogenated alkanes) is 3. The highest BCUT2D eigenvalue weighted by Gasteiger charge is 2.30. The number of carboxylic acid groups (broad SMARTS) is 2. The molecule has 2 aliphatic heterocycles. The molecule has 76 heavy (non-hydrogen) atoms. The van der Waals surface area contributed by atoms with Crippen LogP contribution in [-0.4, -0.2) is 116 Å². The predicted molar refractivity (Wildman–Crippen MR) is 271 cm³/mol. The van der Waals surface area contributed by atoms with Crippen molar-refractivity contribution in [3.05, 3.63) is 127 Å². The van der Waals surface area contributed by atoms with Crippen molar-refractivity contribution in [1.29, 1.82) is 0 Å². The molecule has 0 amide bonds. The van der Waals surface area contributed by atoms with Crippen molar-refractivity contribution in [1.82, 2.24) is 29.7 Å². The van der Waals surface area contributed by atoms with Crippen LogP contribution in [0.4, 0.5) is 38.0 Å². The molecule has 0 saturated carbocycles. The summed E-state index contributed by atoms with van der Waals surface area (Å²) >= 11 is 0. The van der Waals surface area contributed by atoms with E-state index in [1.807, 2.05) is 0 Å². The third-order valence-electron chi connectivity index (χ3n) is 12.3. The largest absolute Gasteiger partial charge is 0.477 e. The number of hydrogen-bond donors (Lipinski definition) is 8. The molecule has 398 valence electrons. The number of aromatic nitrogens is 4. The topological polar surface area (TPSA) is 328 Å². The maximum atomic E-state index is 15.5. The molecule has 0 aliphatic carbocycles. The highest BCUT2D eigenvalue weighted by Crippen LogP contribution is 2.30. The number of anilines is 2. The van der Waals surface area contributed by atoms with Gasteiger partial charge in [0.25, 0.3) is 0 Å². The lowest BCUT2D eigenvalue weighted by Gasteiger charge is -2.20. The zero-order chi connectivity index (χ0) is 54.5. The average Bonchev–Trinajstić information content (AvgIpc) is 4.06. The van der Waals surface area contributed by atoms with Gasteiger partial charge in [0.2, 0.25) is 10.9 Å². The molecular weight excluding hydrogens is 1010 g/mol. The van der Waals surface area contributed by atoms with Crippen LogP contribution >= 0.6 is 0 Å².